The Labute approximate surface area is 128 Å². The summed E-state index contributed by atoms with van der Waals surface area (Å²) < 4.78 is 29.1. The average molecular weight is 329 g/mol. The minimum absolute atomic E-state index is 0.174. The van der Waals surface area contributed by atoms with E-state index >= 15 is 0 Å². The lowest BCUT2D eigenvalue weighted by atomic mass is 10.4. The molecule has 0 saturated heterocycles. The number of aromatic nitrogens is 3. The number of rotatable bonds is 6. The molecule has 0 saturated carbocycles. The van der Waals surface area contributed by atoms with Gasteiger partial charge in [-0.05, 0) is 20.8 Å². The number of hydrogen-bond acceptors (Lipinski definition) is 6. The van der Waals surface area contributed by atoms with Gasteiger partial charge in [0.25, 0.3) is 0 Å². The molecule has 0 atom stereocenters. The van der Waals surface area contributed by atoms with Crippen molar-refractivity contribution in [2.75, 3.05) is 6.54 Å². The molecule has 21 heavy (non-hydrogen) atoms. The molecule has 2 rings (SSSR count). The largest absolute Gasteiger partial charge is 0.329 e. The Morgan fingerprint density at radius 3 is 2.67 bits per heavy atom. The molecule has 2 aromatic heterocycles. The average Bonchev–Trinajstić information content (AvgIpc) is 2.93. The Kier molecular flexibility index (Phi) is 4.77. The van der Waals surface area contributed by atoms with Crippen molar-refractivity contribution in [3.63, 3.8) is 0 Å². The quantitative estimate of drug-likeness (QED) is 0.812. The SMILES string of the molecule is Cc1nc(CNS(=O)(=O)c2c(C)nn(CCN)c2C)cs1. The van der Waals surface area contributed by atoms with Crippen LogP contribution in [0.3, 0.4) is 0 Å². The van der Waals surface area contributed by atoms with Crippen molar-refractivity contribution in [1.29, 1.82) is 0 Å². The van der Waals surface area contributed by atoms with Gasteiger partial charge in [0.2, 0.25) is 10.0 Å². The number of hydrogen-bond donors (Lipinski definition) is 2. The molecule has 0 aromatic carbocycles. The molecular weight excluding hydrogens is 310 g/mol. The van der Waals surface area contributed by atoms with Crippen molar-refractivity contribution in [3.8, 4) is 0 Å². The van der Waals surface area contributed by atoms with E-state index in [-0.39, 0.29) is 11.4 Å². The van der Waals surface area contributed by atoms with Crippen LogP contribution in [0.4, 0.5) is 0 Å². The fourth-order valence-corrected chi connectivity index (χ4v) is 4.16. The van der Waals surface area contributed by atoms with E-state index in [1.807, 2.05) is 12.3 Å². The molecule has 2 aromatic rings. The summed E-state index contributed by atoms with van der Waals surface area (Å²) in [7, 11) is -3.62. The summed E-state index contributed by atoms with van der Waals surface area (Å²) in [4.78, 5) is 4.47. The van der Waals surface area contributed by atoms with E-state index in [9.17, 15) is 8.42 Å². The summed E-state index contributed by atoms with van der Waals surface area (Å²) >= 11 is 1.49. The second-order valence-electron chi connectivity index (χ2n) is 4.69. The lowest BCUT2D eigenvalue weighted by molar-refractivity contribution is 0.576. The van der Waals surface area contributed by atoms with Crippen LogP contribution in [0.2, 0.25) is 0 Å². The molecule has 0 aliphatic heterocycles. The Morgan fingerprint density at radius 2 is 2.10 bits per heavy atom. The topological polar surface area (TPSA) is 103 Å². The molecule has 0 radical (unpaired) electrons. The molecule has 0 unspecified atom stereocenters. The Hall–Kier alpha value is -1.29. The fourth-order valence-electron chi connectivity index (χ4n) is 2.14. The van der Waals surface area contributed by atoms with E-state index in [4.69, 9.17) is 5.73 Å². The molecule has 0 bridgehead atoms. The van der Waals surface area contributed by atoms with Crippen molar-refractivity contribution >= 4 is 21.4 Å². The van der Waals surface area contributed by atoms with Crippen LogP contribution >= 0.6 is 11.3 Å². The second-order valence-corrected chi connectivity index (χ2v) is 7.46. The Bertz CT molecular complexity index is 733. The predicted octanol–water partition coefficient (Wildman–Crippen LogP) is 0.702. The van der Waals surface area contributed by atoms with Gasteiger partial charge in [0.1, 0.15) is 4.90 Å². The van der Waals surface area contributed by atoms with E-state index < -0.39 is 10.0 Å². The Balaban J connectivity index is 2.23. The van der Waals surface area contributed by atoms with Crippen LogP contribution in [0.5, 0.6) is 0 Å². The normalized spacial score (nSPS) is 12.0. The number of nitrogens with zero attached hydrogens (tertiary/aromatic N) is 3. The minimum Gasteiger partial charge on any atom is -0.329 e. The third kappa shape index (κ3) is 3.49. The van der Waals surface area contributed by atoms with Gasteiger partial charge in [-0.2, -0.15) is 5.10 Å². The lowest BCUT2D eigenvalue weighted by Crippen LogP contribution is -2.24. The monoisotopic (exact) mass is 329 g/mol. The molecule has 7 nitrogen and oxygen atoms in total. The first-order valence-electron chi connectivity index (χ1n) is 6.50. The number of nitrogens with one attached hydrogen (secondary N) is 1. The summed E-state index contributed by atoms with van der Waals surface area (Å²) in [5, 5.41) is 6.98. The highest BCUT2D eigenvalue weighted by molar-refractivity contribution is 7.89. The summed E-state index contributed by atoms with van der Waals surface area (Å²) in [5.74, 6) is 0. The van der Waals surface area contributed by atoms with Gasteiger partial charge in [-0.1, -0.05) is 0 Å². The number of thiazole rings is 1. The van der Waals surface area contributed by atoms with Crippen molar-refractivity contribution in [2.24, 2.45) is 5.73 Å². The number of sulfonamides is 1. The zero-order valence-electron chi connectivity index (χ0n) is 12.3. The Morgan fingerprint density at radius 1 is 1.38 bits per heavy atom. The van der Waals surface area contributed by atoms with Gasteiger partial charge >= 0.3 is 0 Å². The molecule has 0 fully saturated rings. The fraction of sp³-hybridized carbons (Fsp3) is 0.500. The van der Waals surface area contributed by atoms with E-state index in [0.29, 0.717) is 30.2 Å². The number of nitrogens with two attached hydrogens (primary N) is 1. The van der Waals surface area contributed by atoms with Crippen LogP contribution < -0.4 is 10.5 Å². The highest BCUT2D eigenvalue weighted by Crippen LogP contribution is 2.19. The molecular formula is C12H19N5O2S2. The first-order valence-corrected chi connectivity index (χ1v) is 8.86. The van der Waals surface area contributed by atoms with Gasteiger partial charge in [-0.15, -0.1) is 11.3 Å². The predicted molar refractivity (Wildman–Crippen MR) is 81.6 cm³/mol. The molecule has 2 heterocycles. The zero-order chi connectivity index (χ0) is 15.6. The zero-order valence-corrected chi connectivity index (χ0v) is 13.9. The molecule has 0 aliphatic carbocycles. The van der Waals surface area contributed by atoms with E-state index in [1.165, 1.54) is 11.3 Å². The van der Waals surface area contributed by atoms with E-state index in [0.717, 1.165) is 5.01 Å². The first kappa shape index (κ1) is 16.1. The van der Waals surface area contributed by atoms with Gasteiger partial charge in [0.15, 0.2) is 0 Å². The molecule has 0 amide bonds. The highest BCUT2D eigenvalue weighted by atomic mass is 32.2. The van der Waals surface area contributed by atoms with Crippen molar-refractivity contribution in [1.82, 2.24) is 19.5 Å². The summed E-state index contributed by atoms with van der Waals surface area (Å²) in [6.45, 7) is 6.38. The smallest absolute Gasteiger partial charge is 0.244 e. The van der Waals surface area contributed by atoms with E-state index in [2.05, 4.69) is 14.8 Å². The maximum absolute atomic E-state index is 12.5. The highest BCUT2D eigenvalue weighted by Gasteiger charge is 2.24. The lowest BCUT2D eigenvalue weighted by Gasteiger charge is -2.06. The minimum atomic E-state index is -3.62. The molecule has 116 valence electrons. The van der Waals surface area contributed by atoms with Crippen molar-refractivity contribution < 1.29 is 8.42 Å². The first-order chi connectivity index (χ1) is 9.85. The maximum Gasteiger partial charge on any atom is 0.244 e. The van der Waals surface area contributed by atoms with Crippen LogP contribution in [0.1, 0.15) is 22.1 Å². The van der Waals surface area contributed by atoms with Crippen LogP contribution in [-0.2, 0) is 23.1 Å². The van der Waals surface area contributed by atoms with E-state index in [1.54, 1.807) is 18.5 Å². The molecule has 3 N–H and O–H groups in total. The number of aryl methyl sites for hydroxylation is 2. The summed E-state index contributed by atoms with van der Waals surface area (Å²) in [5.41, 5.74) is 7.29. The molecule has 9 heteroatoms. The summed E-state index contributed by atoms with van der Waals surface area (Å²) in [6, 6.07) is 0. The second kappa shape index (κ2) is 6.22. The molecule has 0 spiro atoms. The van der Waals surface area contributed by atoms with Gasteiger partial charge < -0.3 is 5.73 Å². The molecule has 0 aliphatic rings. The van der Waals surface area contributed by atoms with Crippen LogP contribution in [0.25, 0.3) is 0 Å². The van der Waals surface area contributed by atoms with Gasteiger partial charge in [0.05, 0.1) is 35.2 Å². The van der Waals surface area contributed by atoms with Gasteiger partial charge in [-0.3, -0.25) is 4.68 Å². The third-order valence-corrected chi connectivity index (χ3v) is 5.51. The van der Waals surface area contributed by atoms with Gasteiger partial charge in [0, 0.05) is 11.9 Å². The standard InChI is InChI=1S/C12H19N5O2S2/c1-8-12(9(2)17(16-8)5-4-13)21(18,19)14-6-11-7-20-10(3)15-11/h7,14H,4-6,13H2,1-3H3. The maximum atomic E-state index is 12.5. The van der Waals surface area contributed by atoms with Crippen molar-refractivity contribution in [3.05, 3.63) is 27.5 Å². The van der Waals surface area contributed by atoms with Crippen LogP contribution in [0.15, 0.2) is 10.3 Å². The van der Waals surface area contributed by atoms with Crippen LogP contribution in [-0.4, -0.2) is 29.7 Å². The van der Waals surface area contributed by atoms with Crippen LogP contribution in [0, 0.1) is 20.8 Å². The van der Waals surface area contributed by atoms with Crippen molar-refractivity contribution in [2.45, 2.75) is 38.8 Å². The van der Waals surface area contributed by atoms with Gasteiger partial charge in [-0.25, -0.2) is 18.1 Å². The third-order valence-electron chi connectivity index (χ3n) is 3.03. The summed E-state index contributed by atoms with van der Waals surface area (Å²) in [6.07, 6.45) is 0.